The van der Waals surface area contributed by atoms with E-state index in [9.17, 15) is 0 Å². The van der Waals surface area contributed by atoms with E-state index in [0.29, 0.717) is 11.8 Å². The molecule has 6 aromatic carbocycles. The van der Waals surface area contributed by atoms with Crippen molar-refractivity contribution in [3.8, 4) is 28.7 Å². The van der Waals surface area contributed by atoms with Crippen molar-refractivity contribution in [3.05, 3.63) is 115 Å². The summed E-state index contributed by atoms with van der Waals surface area (Å²) in [5.41, 5.74) is 5.26. The van der Waals surface area contributed by atoms with Crippen molar-refractivity contribution in [2.75, 3.05) is 0 Å². The molecule has 4 heterocycles. The number of aromatic nitrogens is 3. The number of hydrogen-bond acceptors (Lipinski definition) is 4. The number of ether oxygens (including phenoxy) is 1. The van der Waals surface area contributed by atoms with Gasteiger partial charge in [0.25, 0.3) is 0 Å². The second-order valence-corrected chi connectivity index (χ2v) is 11.6. The first-order valence-electron chi connectivity index (χ1n) is 13.7. The molecule has 0 spiro atoms. The van der Waals surface area contributed by atoms with Crippen molar-refractivity contribution in [2.45, 2.75) is 0 Å². The maximum absolute atomic E-state index is 6.46. The van der Waals surface area contributed by atoms with Crippen molar-refractivity contribution in [2.24, 2.45) is 0 Å². The Morgan fingerprint density at radius 3 is 2.17 bits per heavy atom. The second-order valence-electron chi connectivity index (χ2n) is 10.6. The lowest BCUT2D eigenvalue weighted by molar-refractivity contribution is 0.466. The second kappa shape index (κ2) is 7.68. The maximum Gasteiger partial charge on any atom is 0.238 e. The van der Waals surface area contributed by atoms with Crippen molar-refractivity contribution >= 4 is 75.0 Å². The van der Waals surface area contributed by atoms with Crippen LogP contribution in [-0.2, 0) is 0 Å². The Balaban J connectivity index is 1.42. The number of hydrogen-bond donors (Lipinski definition) is 0. The molecular formula is C36H19N3OS. The molecule has 0 atom stereocenters. The highest BCUT2D eigenvalue weighted by Gasteiger charge is 2.26. The molecule has 0 unspecified atom stereocenters. The van der Waals surface area contributed by atoms with Crippen LogP contribution in [0.1, 0.15) is 0 Å². The summed E-state index contributed by atoms with van der Waals surface area (Å²) in [6, 6.07) is 40.5. The van der Waals surface area contributed by atoms with Crippen LogP contribution in [0.3, 0.4) is 0 Å². The summed E-state index contributed by atoms with van der Waals surface area (Å²) in [6.07, 6.45) is 0. The van der Waals surface area contributed by atoms with Gasteiger partial charge in [0.1, 0.15) is 5.75 Å². The van der Waals surface area contributed by atoms with Crippen molar-refractivity contribution < 1.29 is 4.74 Å². The van der Waals surface area contributed by atoms with Crippen LogP contribution < -0.4 is 4.74 Å². The largest absolute Gasteiger partial charge is 0.438 e. The summed E-state index contributed by atoms with van der Waals surface area (Å²) < 4.78 is 11.2. The molecule has 0 saturated carbocycles. The molecule has 1 aliphatic rings. The quantitative estimate of drug-likeness (QED) is 0.208. The van der Waals surface area contributed by atoms with E-state index in [4.69, 9.17) is 14.7 Å². The van der Waals surface area contributed by atoms with E-state index in [-0.39, 0.29) is 0 Å². The molecular weight excluding hydrogens is 522 g/mol. The van der Waals surface area contributed by atoms with Crippen LogP contribution in [0, 0.1) is 0 Å². The Kier molecular flexibility index (Phi) is 4.04. The van der Waals surface area contributed by atoms with Crippen LogP contribution in [0.15, 0.2) is 115 Å². The van der Waals surface area contributed by atoms with Crippen LogP contribution >= 0.6 is 11.3 Å². The van der Waals surface area contributed by atoms with Gasteiger partial charge in [-0.3, -0.25) is 4.57 Å². The number of thiophene rings is 1. The van der Waals surface area contributed by atoms with E-state index < -0.39 is 0 Å². The van der Waals surface area contributed by atoms with E-state index in [1.165, 1.54) is 41.7 Å². The lowest BCUT2D eigenvalue weighted by Gasteiger charge is -2.20. The zero-order valence-corrected chi connectivity index (χ0v) is 22.4. The summed E-state index contributed by atoms with van der Waals surface area (Å²) in [4.78, 5) is 10.4. The summed E-state index contributed by atoms with van der Waals surface area (Å²) >= 11 is 1.84. The zero-order valence-electron chi connectivity index (χ0n) is 21.6. The fourth-order valence-corrected chi connectivity index (χ4v) is 8.01. The monoisotopic (exact) mass is 541 g/mol. The Hall–Kier alpha value is -5.26. The van der Waals surface area contributed by atoms with Gasteiger partial charge in [0, 0.05) is 37.4 Å². The number of rotatable bonds is 1. The average molecular weight is 542 g/mol. The first kappa shape index (κ1) is 21.5. The summed E-state index contributed by atoms with van der Waals surface area (Å²) in [6.45, 7) is 0. The minimum atomic E-state index is 0.596. The lowest BCUT2D eigenvalue weighted by Crippen LogP contribution is -2.06. The predicted molar refractivity (Wildman–Crippen MR) is 170 cm³/mol. The molecule has 9 aromatic rings. The topological polar surface area (TPSA) is 39.9 Å². The highest BCUT2D eigenvalue weighted by molar-refractivity contribution is 7.27. The first-order chi connectivity index (χ1) is 20.3. The molecule has 0 N–H and O–H groups in total. The molecule has 41 heavy (non-hydrogen) atoms. The highest BCUT2D eigenvalue weighted by Crippen LogP contribution is 2.49. The van der Waals surface area contributed by atoms with Crippen LogP contribution in [0.2, 0.25) is 0 Å². The van der Waals surface area contributed by atoms with E-state index >= 15 is 0 Å². The fourth-order valence-electron chi connectivity index (χ4n) is 6.75. The predicted octanol–water partition coefficient (Wildman–Crippen LogP) is 10.0. The molecule has 190 valence electrons. The highest BCUT2D eigenvalue weighted by atomic mass is 32.1. The average Bonchev–Trinajstić information content (AvgIpc) is 3.58. The molecule has 10 rings (SSSR count). The zero-order chi connectivity index (χ0) is 26.7. The Morgan fingerprint density at radius 1 is 0.561 bits per heavy atom. The van der Waals surface area contributed by atoms with Crippen molar-refractivity contribution in [3.63, 3.8) is 0 Å². The molecule has 0 aliphatic carbocycles. The van der Waals surface area contributed by atoms with Gasteiger partial charge in [-0.05, 0) is 35.0 Å². The van der Waals surface area contributed by atoms with Gasteiger partial charge < -0.3 is 4.74 Å². The molecule has 3 aromatic heterocycles. The Morgan fingerprint density at radius 2 is 1.27 bits per heavy atom. The summed E-state index contributed by atoms with van der Waals surface area (Å²) in [7, 11) is 0. The van der Waals surface area contributed by atoms with Gasteiger partial charge >= 0.3 is 0 Å². The number of nitrogens with zero attached hydrogens (tertiary/aromatic N) is 3. The smallest absolute Gasteiger partial charge is 0.238 e. The molecule has 5 heteroatoms. The molecule has 0 amide bonds. The van der Waals surface area contributed by atoms with E-state index in [2.05, 4.69) is 102 Å². The van der Waals surface area contributed by atoms with Gasteiger partial charge in [-0.15, -0.1) is 11.3 Å². The molecule has 4 nitrogen and oxygen atoms in total. The van der Waals surface area contributed by atoms with Crippen molar-refractivity contribution in [1.82, 2.24) is 14.5 Å². The Bertz CT molecular complexity index is 2580. The Labute approximate surface area is 237 Å². The third kappa shape index (κ3) is 2.73. The lowest BCUT2D eigenvalue weighted by atomic mass is 9.98. The number of benzene rings is 6. The normalized spacial score (nSPS) is 12.6. The maximum atomic E-state index is 6.46. The SMILES string of the molecule is c1ccc2c(c1)Oc1nc(-n3c4ccccc4c4c5ccccc5c5c6ccccc6sc5c43)nc3cccc-2c13. The minimum absolute atomic E-state index is 0.596. The van der Waals surface area contributed by atoms with Gasteiger partial charge in [0.15, 0.2) is 0 Å². The molecule has 0 saturated heterocycles. The third-order valence-electron chi connectivity index (χ3n) is 8.41. The third-order valence-corrected chi connectivity index (χ3v) is 9.59. The number of para-hydroxylation sites is 2. The van der Waals surface area contributed by atoms with Gasteiger partial charge in [-0.2, -0.15) is 4.98 Å². The van der Waals surface area contributed by atoms with E-state index in [1.54, 1.807) is 0 Å². The van der Waals surface area contributed by atoms with E-state index in [0.717, 1.165) is 38.8 Å². The van der Waals surface area contributed by atoms with Gasteiger partial charge in [-0.1, -0.05) is 91.0 Å². The number of fused-ring (bicyclic) bond motifs is 12. The van der Waals surface area contributed by atoms with Crippen LogP contribution in [0.5, 0.6) is 11.6 Å². The first-order valence-corrected chi connectivity index (χ1v) is 14.5. The van der Waals surface area contributed by atoms with Crippen molar-refractivity contribution in [1.29, 1.82) is 0 Å². The molecule has 0 fully saturated rings. The van der Waals surface area contributed by atoms with Crippen LogP contribution in [0.4, 0.5) is 0 Å². The molecule has 1 aliphatic heterocycles. The summed E-state index contributed by atoms with van der Waals surface area (Å²) in [5.74, 6) is 2.03. The van der Waals surface area contributed by atoms with Gasteiger partial charge in [0.05, 0.1) is 26.6 Å². The fraction of sp³-hybridized carbons (Fsp3) is 0. The molecule has 0 bridgehead atoms. The van der Waals surface area contributed by atoms with E-state index in [1.807, 2.05) is 29.5 Å². The minimum Gasteiger partial charge on any atom is -0.438 e. The molecule has 0 radical (unpaired) electrons. The van der Waals surface area contributed by atoms with Gasteiger partial charge in [-0.25, -0.2) is 4.98 Å². The van der Waals surface area contributed by atoms with Crippen LogP contribution in [-0.4, -0.2) is 14.5 Å². The van der Waals surface area contributed by atoms with Gasteiger partial charge in [0.2, 0.25) is 11.8 Å². The van der Waals surface area contributed by atoms with Crippen LogP contribution in [0.25, 0.3) is 80.7 Å². The standard InChI is InChI=1S/C36H19N3OS/c1-2-12-23-22(11-1)30-24-13-3-6-17-27(24)39(33(30)34-31(23)25-14-5-8-19-29(25)41-34)36-37-26-16-9-15-21-20-10-4-7-18-28(20)40-35(38-36)32(21)26/h1-19H. The summed E-state index contributed by atoms with van der Waals surface area (Å²) in [5, 5.41) is 8.45.